The summed E-state index contributed by atoms with van der Waals surface area (Å²) in [6.07, 6.45) is 3.65. The second kappa shape index (κ2) is 8.56. The molecule has 0 atom stereocenters. The minimum absolute atomic E-state index is 0.160. The van der Waals surface area contributed by atoms with Crippen molar-refractivity contribution in [2.75, 3.05) is 13.6 Å². The maximum Gasteiger partial charge on any atom is 0.220 e. The molecule has 5 nitrogen and oxygen atoms in total. The van der Waals surface area contributed by atoms with Gasteiger partial charge in [0, 0.05) is 32.6 Å². The van der Waals surface area contributed by atoms with Gasteiger partial charge in [-0.1, -0.05) is 23.8 Å². The van der Waals surface area contributed by atoms with E-state index in [-0.39, 0.29) is 5.91 Å². The van der Waals surface area contributed by atoms with Crippen molar-refractivity contribution in [3.63, 3.8) is 0 Å². The molecule has 0 spiro atoms. The van der Waals surface area contributed by atoms with E-state index in [0.717, 1.165) is 38.3 Å². The molecule has 1 amide bonds. The maximum absolute atomic E-state index is 11.6. The van der Waals surface area contributed by atoms with Crippen molar-refractivity contribution < 1.29 is 4.79 Å². The molecule has 1 aliphatic carbocycles. The number of rotatable bonds is 7. The first-order valence-electron chi connectivity index (χ1n) is 8.38. The number of carbonyl (C=O) groups is 1. The summed E-state index contributed by atoms with van der Waals surface area (Å²) in [6, 6.07) is 6.90. The summed E-state index contributed by atoms with van der Waals surface area (Å²) in [4.78, 5) is 15.8. The third kappa shape index (κ3) is 6.30. The molecule has 3 N–H and O–H groups in total. The van der Waals surface area contributed by atoms with Crippen LogP contribution in [0.25, 0.3) is 0 Å². The Balaban J connectivity index is 1.65. The minimum atomic E-state index is 0.160. The maximum atomic E-state index is 11.6. The van der Waals surface area contributed by atoms with Crippen molar-refractivity contribution in [3.8, 4) is 0 Å². The first-order chi connectivity index (χ1) is 11.1. The first kappa shape index (κ1) is 17.3. The number of hydrogen-bond donors (Lipinski definition) is 3. The van der Waals surface area contributed by atoms with Crippen molar-refractivity contribution >= 4 is 11.9 Å². The largest absolute Gasteiger partial charge is 0.356 e. The lowest BCUT2D eigenvalue weighted by molar-refractivity contribution is -0.121. The average Bonchev–Trinajstić information content (AvgIpc) is 3.32. The molecule has 1 aromatic rings. The predicted molar refractivity (Wildman–Crippen MR) is 94.5 cm³/mol. The second-order valence-corrected chi connectivity index (χ2v) is 6.23. The quantitative estimate of drug-likeness (QED) is 0.410. The molecule has 5 heteroatoms. The van der Waals surface area contributed by atoms with Crippen LogP contribution in [0.3, 0.4) is 0 Å². The fraction of sp³-hybridized carbons (Fsp3) is 0.556. The number of nitrogens with one attached hydrogen (secondary N) is 3. The summed E-state index contributed by atoms with van der Waals surface area (Å²) in [5.74, 6) is 0.931. The molecular weight excluding hydrogens is 288 g/mol. The van der Waals surface area contributed by atoms with E-state index in [1.165, 1.54) is 16.7 Å². The topological polar surface area (TPSA) is 65.5 Å². The molecule has 126 valence electrons. The van der Waals surface area contributed by atoms with Gasteiger partial charge in [0.1, 0.15) is 0 Å². The number of carbonyl (C=O) groups excluding carboxylic acids is 1. The highest BCUT2D eigenvalue weighted by Crippen LogP contribution is 2.18. The molecule has 1 aromatic carbocycles. The number of guanidine groups is 1. The number of aliphatic imine (C=N–C) groups is 1. The zero-order valence-corrected chi connectivity index (χ0v) is 14.4. The lowest BCUT2D eigenvalue weighted by atomic mass is 10.1. The van der Waals surface area contributed by atoms with Crippen LogP contribution in [-0.2, 0) is 11.3 Å². The first-order valence-corrected chi connectivity index (χ1v) is 8.38. The van der Waals surface area contributed by atoms with Crippen LogP contribution in [-0.4, -0.2) is 31.5 Å². The molecular formula is C18H28N4O. The van der Waals surface area contributed by atoms with Gasteiger partial charge in [-0.05, 0) is 44.2 Å². The van der Waals surface area contributed by atoms with Gasteiger partial charge in [-0.2, -0.15) is 0 Å². The van der Waals surface area contributed by atoms with Gasteiger partial charge in [-0.15, -0.1) is 0 Å². The Morgan fingerprint density at radius 3 is 2.70 bits per heavy atom. The number of aryl methyl sites for hydroxylation is 2. The van der Waals surface area contributed by atoms with Gasteiger partial charge in [0.25, 0.3) is 0 Å². The van der Waals surface area contributed by atoms with Gasteiger partial charge >= 0.3 is 0 Å². The molecule has 1 aliphatic rings. The molecule has 0 aromatic heterocycles. The Morgan fingerprint density at radius 1 is 1.26 bits per heavy atom. The fourth-order valence-electron chi connectivity index (χ4n) is 2.43. The average molecular weight is 316 g/mol. The molecule has 1 saturated carbocycles. The van der Waals surface area contributed by atoms with Gasteiger partial charge < -0.3 is 16.0 Å². The van der Waals surface area contributed by atoms with Gasteiger partial charge in [0.2, 0.25) is 5.91 Å². The van der Waals surface area contributed by atoms with E-state index in [4.69, 9.17) is 0 Å². The van der Waals surface area contributed by atoms with E-state index in [1.807, 2.05) is 0 Å². The highest BCUT2D eigenvalue weighted by molar-refractivity contribution is 5.80. The van der Waals surface area contributed by atoms with Gasteiger partial charge in [-0.25, -0.2) is 0 Å². The number of nitrogens with zero attached hydrogens (tertiary/aromatic N) is 1. The van der Waals surface area contributed by atoms with Gasteiger partial charge in [0.05, 0.1) is 0 Å². The van der Waals surface area contributed by atoms with Crippen LogP contribution in [0.1, 0.15) is 42.4 Å². The molecule has 0 aliphatic heterocycles. The molecule has 0 unspecified atom stereocenters. The van der Waals surface area contributed by atoms with E-state index >= 15 is 0 Å². The number of hydrogen-bond acceptors (Lipinski definition) is 2. The summed E-state index contributed by atoms with van der Waals surface area (Å²) in [6.45, 7) is 5.71. The highest BCUT2D eigenvalue weighted by Gasteiger charge is 2.22. The van der Waals surface area contributed by atoms with E-state index in [2.05, 4.69) is 53.0 Å². The van der Waals surface area contributed by atoms with Crippen LogP contribution in [0.4, 0.5) is 0 Å². The van der Waals surface area contributed by atoms with Crippen LogP contribution in [0, 0.1) is 13.8 Å². The molecule has 1 fully saturated rings. The SMILES string of the molecule is CN=C(NCCCC(=O)NC1CC1)NCc1ccc(C)cc1C. The Morgan fingerprint density at radius 2 is 2.04 bits per heavy atom. The van der Waals surface area contributed by atoms with E-state index < -0.39 is 0 Å². The molecule has 2 rings (SSSR count). The van der Waals surface area contributed by atoms with Crippen LogP contribution < -0.4 is 16.0 Å². The Bertz CT molecular complexity index is 564. The van der Waals surface area contributed by atoms with E-state index in [0.29, 0.717) is 12.5 Å². The summed E-state index contributed by atoms with van der Waals surface area (Å²) in [7, 11) is 1.76. The molecule has 0 saturated heterocycles. The molecule has 0 bridgehead atoms. The summed E-state index contributed by atoms with van der Waals surface area (Å²) in [5, 5.41) is 9.57. The Kier molecular flexibility index (Phi) is 6.44. The second-order valence-electron chi connectivity index (χ2n) is 6.23. The van der Waals surface area contributed by atoms with Crippen molar-refractivity contribution in [2.45, 2.75) is 52.1 Å². The fourth-order valence-corrected chi connectivity index (χ4v) is 2.43. The molecule has 23 heavy (non-hydrogen) atoms. The van der Waals surface area contributed by atoms with Crippen molar-refractivity contribution in [1.82, 2.24) is 16.0 Å². The zero-order valence-electron chi connectivity index (χ0n) is 14.4. The Labute approximate surface area is 139 Å². The highest BCUT2D eigenvalue weighted by atomic mass is 16.1. The minimum Gasteiger partial charge on any atom is -0.356 e. The van der Waals surface area contributed by atoms with Crippen molar-refractivity contribution in [1.29, 1.82) is 0 Å². The number of benzene rings is 1. The summed E-state index contributed by atoms with van der Waals surface area (Å²) < 4.78 is 0. The van der Waals surface area contributed by atoms with E-state index in [9.17, 15) is 4.79 Å². The molecule has 0 radical (unpaired) electrons. The van der Waals surface area contributed by atoms with E-state index in [1.54, 1.807) is 7.05 Å². The van der Waals surface area contributed by atoms with Crippen LogP contribution in [0.2, 0.25) is 0 Å². The van der Waals surface area contributed by atoms with Gasteiger partial charge in [-0.3, -0.25) is 9.79 Å². The zero-order chi connectivity index (χ0) is 16.7. The normalized spacial score (nSPS) is 14.5. The summed E-state index contributed by atoms with van der Waals surface area (Å²) >= 11 is 0. The van der Waals surface area contributed by atoms with Crippen LogP contribution >= 0.6 is 0 Å². The monoisotopic (exact) mass is 316 g/mol. The standard InChI is InChI=1S/C18H28N4O/c1-13-6-7-15(14(2)11-13)12-21-18(19-3)20-10-4-5-17(23)22-16-8-9-16/h6-7,11,16H,4-5,8-10,12H2,1-3H3,(H,22,23)(H2,19,20,21). The predicted octanol–water partition coefficient (Wildman–Crippen LogP) is 2.03. The third-order valence-corrected chi connectivity index (χ3v) is 3.98. The third-order valence-electron chi connectivity index (χ3n) is 3.98. The van der Waals surface area contributed by atoms with Crippen molar-refractivity contribution in [3.05, 3.63) is 34.9 Å². The van der Waals surface area contributed by atoms with Crippen molar-refractivity contribution in [2.24, 2.45) is 4.99 Å². The van der Waals surface area contributed by atoms with Crippen LogP contribution in [0.15, 0.2) is 23.2 Å². The lowest BCUT2D eigenvalue weighted by Gasteiger charge is -2.13. The molecule has 0 heterocycles. The number of amides is 1. The van der Waals surface area contributed by atoms with Crippen LogP contribution in [0.5, 0.6) is 0 Å². The summed E-state index contributed by atoms with van der Waals surface area (Å²) in [5.41, 5.74) is 3.82. The Hall–Kier alpha value is -2.04. The lowest BCUT2D eigenvalue weighted by Crippen LogP contribution is -2.37. The van der Waals surface area contributed by atoms with Gasteiger partial charge in [0.15, 0.2) is 5.96 Å². The smallest absolute Gasteiger partial charge is 0.220 e.